The van der Waals surface area contributed by atoms with Crippen molar-refractivity contribution in [2.45, 2.75) is 33.7 Å². The van der Waals surface area contributed by atoms with E-state index in [1.165, 1.54) is 0 Å². The van der Waals surface area contributed by atoms with Crippen molar-refractivity contribution in [2.75, 3.05) is 30.3 Å². The summed E-state index contributed by atoms with van der Waals surface area (Å²) in [5, 5.41) is 5.99. The molecular formula is C12H21ClN6O. The first-order valence-electron chi connectivity index (χ1n) is 6.72. The van der Waals surface area contributed by atoms with Gasteiger partial charge >= 0.3 is 0 Å². The molecule has 1 aromatic heterocycles. The van der Waals surface area contributed by atoms with E-state index in [-0.39, 0.29) is 17.1 Å². The lowest BCUT2D eigenvalue weighted by Crippen LogP contribution is -2.41. The molecule has 0 spiro atoms. The average Bonchev–Trinajstić information content (AvgIpc) is 2.39. The zero-order valence-electron chi connectivity index (χ0n) is 12.3. The second kappa shape index (κ2) is 7.84. The topological polar surface area (TPSA) is 83.0 Å². The van der Waals surface area contributed by atoms with Gasteiger partial charge in [0.15, 0.2) is 0 Å². The van der Waals surface area contributed by atoms with Crippen LogP contribution in [0.5, 0.6) is 0 Å². The highest BCUT2D eigenvalue weighted by Gasteiger charge is 2.19. The van der Waals surface area contributed by atoms with Gasteiger partial charge in [0.05, 0.1) is 0 Å². The van der Waals surface area contributed by atoms with Crippen LogP contribution in [0.15, 0.2) is 0 Å². The smallest absolute Gasteiger partial charge is 0.244 e. The molecule has 0 aromatic carbocycles. The minimum Gasteiger partial charge on any atom is -0.354 e. The summed E-state index contributed by atoms with van der Waals surface area (Å²) in [4.78, 5) is 26.0. The summed E-state index contributed by atoms with van der Waals surface area (Å²) < 4.78 is 0. The number of anilines is 2. The maximum absolute atomic E-state index is 12.1. The second-order valence-electron chi connectivity index (χ2n) is 4.16. The Labute approximate surface area is 124 Å². The van der Waals surface area contributed by atoms with Crippen molar-refractivity contribution in [1.82, 2.24) is 19.9 Å². The lowest BCUT2D eigenvalue weighted by atomic mass is 10.3. The number of nitrogens with one attached hydrogen (secondary N) is 2. The van der Waals surface area contributed by atoms with Gasteiger partial charge in [-0.2, -0.15) is 15.0 Å². The van der Waals surface area contributed by atoms with Crippen LogP contribution in [0, 0.1) is 0 Å². The molecule has 112 valence electrons. The lowest BCUT2D eigenvalue weighted by molar-refractivity contribution is -0.131. The quantitative estimate of drug-likeness (QED) is 0.796. The van der Waals surface area contributed by atoms with Gasteiger partial charge in [0.25, 0.3) is 0 Å². The molecule has 1 aromatic rings. The van der Waals surface area contributed by atoms with Gasteiger partial charge in [-0.05, 0) is 39.3 Å². The predicted octanol–water partition coefficient (Wildman–Crippen LogP) is 1.63. The molecule has 2 N–H and O–H groups in total. The third-order valence-corrected chi connectivity index (χ3v) is 2.90. The summed E-state index contributed by atoms with van der Waals surface area (Å²) in [5.74, 6) is 0.669. The maximum Gasteiger partial charge on any atom is 0.244 e. The van der Waals surface area contributed by atoms with Crippen molar-refractivity contribution in [3.05, 3.63) is 5.28 Å². The summed E-state index contributed by atoms with van der Waals surface area (Å²) in [7, 11) is 0. The fraction of sp³-hybridized carbons (Fsp3) is 0.667. The summed E-state index contributed by atoms with van der Waals surface area (Å²) in [6.45, 7) is 9.59. The van der Waals surface area contributed by atoms with E-state index in [0.29, 0.717) is 25.6 Å². The van der Waals surface area contributed by atoms with Gasteiger partial charge in [0.2, 0.25) is 23.1 Å². The molecule has 8 heteroatoms. The third kappa shape index (κ3) is 4.48. The van der Waals surface area contributed by atoms with Gasteiger partial charge in [-0.1, -0.05) is 0 Å². The van der Waals surface area contributed by atoms with Crippen molar-refractivity contribution >= 4 is 29.4 Å². The summed E-state index contributed by atoms with van der Waals surface area (Å²) in [6.07, 6.45) is 0. The Balaban J connectivity index is 2.79. The molecule has 1 rings (SSSR count). The van der Waals surface area contributed by atoms with Gasteiger partial charge in [-0.3, -0.25) is 4.79 Å². The summed E-state index contributed by atoms with van der Waals surface area (Å²) in [5.41, 5.74) is 0. The largest absolute Gasteiger partial charge is 0.354 e. The minimum absolute atomic E-state index is 0.00321. The Hall–Kier alpha value is -1.63. The normalized spacial score (nSPS) is 11.8. The predicted molar refractivity (Wildman–Crippen MR) is 80.0 cm³/mol. The van der Waals surface area contributed by atoms with Crippen LogP contribution in [0.3, 0.4) is 0 Å². The molecule has 1 unspecified atom stereocenters. The van der Waals surface area contributed by atoms with Gasteiger partial charge in [0, 0.05) is 19.6 Å². The number of amides is 1. The van der Waals surface area contributed by atoms with E-state index in [4.69, 9.17) is 11.6 Å². The first-order chi connectivity index (χ1) is 9.51. The van der Waals surface area contributed by atoms with Crippen LogP contribution in [0.2, 0.25) is 5.28 Å². The molecular weight excluding hydrogens is 280 g/mol. The van der Waals surface area contributed by atoms with Gasteiger partial charge < -0.3 is 15.5 Å². The van der Waals surface area contributed by atoms with Crippen LogP contribution in [0.4, 0.5) is 11.9 Å². The highest BCUT2D eigenvalue weighted by atomic mass is 35.5. The van der Waals surface area contributed by atoms with E-state index in [2.05, 4.69) is 25.6 Å². The fourth-order valence-electron chi connectivity index (χ4n) is 1.72. The number of hydrogen-bond donors (Lipinski definition) is 2. The first kappa shape index (κ1) is 16.4. The number of carbonyl (C=O) groups is 1. The molecule has 1 heterocycles. The van der Waals surface area contributed by atoms with Crippen molar-refractivity contribution in [3.63, 3.8) is 0 Å². The van der Waals surface area contributed by atoms with Crippen molar-refractivity contribution in [2.24, 2.45) is 0 Å². The maximum atomic E-state index is 12.1. The molecule has 0 fully saturated rings. The van der Waals surface area contributed by atoms with E-state index in [0.717, 1.165) is 0 Å². The van der Waals surface area contributed by atoms with Crippen molar-refractivity contribution < 1.29 is 4.79 Å². The van der Waals surface area contributed by atoms with Crippen LogP contribution in [-0.4, -0.2) is 51.4 Å². The number of hydrogen-bond acceptors (Lipinski definition) is 6. The minimum atomic E-state index is -0.428. The number of halogens is 1. The van der Waals surface area contributed by atoms with Gasteiger partial charge in [-0.25, -0.2) is 0 Å². The molecule has 0 saturated heterocycles. The van der Waals surface area contributed by atoms with E-state index < -0.39 is 6.04 Å². The van der Waals surface area contributed by atoms with E-state index in [9.17, 15) is 4.79 Å². The second-order valence-corrected chi connectivity index (χ2v) is 4.50. The number of carbonyl (C=O) groups excluding carboxylic acids is 1. The van der Waals surface area contributed by atoms with Crippen LogP contribution < -0.4 is 10.6 Å². The van der Waals surface area contributed by atoms with Crippen LogP contribution in [0.25, 0.3) is 0 Å². The van der Waals surface area contributed by atoms with Crippen molar-refractivity contribution in [1.29, 1.82) is 0 Å². The molecule has 7 nitrogen and oxygen atoms in total. The van der Waals surface area contributed by atoms with Gasteiger partial charge in [0.1, 0.15) is 6.04 Å². The summed E-state index contributed by atoms with van der Waals surface area (Å²) >= 11 is 5.83. The lowest BCUT2D eigenvalue weighted by Gasteiger charge is -2.23. The number of rotatable bonds is 7. The number of likely N-dealkylation sites (N-methyl/N-ethyl adjacent to an activating group) is 1. The zero-order chi connectivity index (χ0) is 15.1. The highest BCUT2D eigenvalue weighted by Crippen LogP contribution is 2.11. The molecule has 0 radical (unpaired) electrons. The van der Waals surface area contributed by atoms with Crippen LogP contribution >= 0.6 is 11.6 Å². The molecule has 1 amide bonds. The number of aromatic nitrogens is 3. The molecule has 0 bridgehead atoms. The first-order valence-corrected chi connectivity index (χ1v) is 7.10. The zero-order valence-corrected chi connectivity index (χ0v) is 13.0. The Kier molecular flexibility index (Phi) is 6.44. The number of nitrogens with zero attached hydrogens (tertiary/aromatic N) is 4. The Bertz CT molecular complexity index is 452. The van der Waals surface area contributed by atoms with Crippen molar-refractivity contribution in [3.8, 4) is 0 Å². The molecule has 1 atom stereocenters. The Morgan fingerprint density at radius 3 is 2.35 bits per heavy atom. The van der Waals surface area contributed by atoms with Gasteiger partial charge in [-0.15, -0.1) is 0 Å². The molecule has 0 aliphatic carbocycles. The Morgan fingerprint density at radius 2 is 1.80 bits per heavy atom. The Morgan fingerprint density at radius 1 is 1.20 bits per heavy atom. The molecule has 0 aliphatic rings. The monoisotopic (exact) mass is 300 g/mol. The molecule has 0 saturated carbocycles. The van der Waals surface area contributed by atoms with E-state index >= 15 is 0 Å². The average molecular weight is 301 g/mol. The van der Waals surface area contributed by atoms with E-state index in [1.54, 1.807) is 11.8 Å². The summed E-state index contributed by atoms with van der Waals surface area (Å²) in [6, 6.07) is -0.428. The van der Waals surface area contributed by atoms with Crippen LogP contribution in [-0.2, 0) is 4.79 Å². The van der Waals surface area contributed by atoms with Crippen LogP contribution in [0.1, 0.15) is 27.7 Å². The fourth-order valence-corrected chi connectivity index (χ4v) is 1.88. The SMILES string of the molecule is CCNc1nc(Cl)nc(NC(C)C(=O)N(CC)CC)n1. The highest BCUT2D eigenvalue weighted by molar-refractivity contribution is 6.28. The van der Waals surface area contributed by atoms with E-state index in [1.807, 2.05) is 20.8 Å². The molecule has 20 heavy (non-hydrogen) atoms. The molecule has 0 aliphatic heterocycles. The standard InChI is InChI=1S/C12H21ClN6O/c1-5-14-11-16-10(13)17-12(18-11)15-8(4)9(20)19(6-2)7-3/h8H,5-7H2,1-4H3,(H2,14,15,16,17,18). The third-order valence-electron chi connectivity index (χ3n) is 2.73.